The van der Waals surface area contributed by atoms with E-state index in [1.165, 1.54) is 10.6 Å². The van der Waals surface area contributed by atoms with Gasteiger partial charge in [-0.25, -0.2) is 9.69 Å². The summed E-state index contributed by atoms with van der Waals surface area (Å²) in [7, 11) is 0. The van der Waals surface area contributed by atoms with Gasteiger partial charge in [-0.2, -0.15) is 0 Å². The Kier molecular flexibility index (Phi) is 4.61. The Balaban J connectivity index is 1.35. The number of nitrogens with one attached hydrogen (secondary N) is 1. The van der Waals surface area contributed by atoms with E-state index in [0.717, 1.165) is 51.9 Å². The molecule has 0 bridgehead atoms. The molecule has 0 unspecified atom stereocenters. The lowest BCUT2D eigenvalue weighted by Gasteiger charge is -2.37. The first-order valence-electron chi connectivity index (χ1n) is 9.74. The van der Waals surface area contributed by atoms with Crippen molar-refractivity contribution in [3.8, 4) is 0 Å². The Morgan fingerprint density at radius 3 is 2.35 bits per heavy atom. The summed E-state index contributed by atoms with van der Waals surface area (Å²) >= 11 is 0. The molecular formula is C20H28N4O2. The van der Waals surface area contributed by atoms with E-state index in [2.05, 4.69) is 46.3 Å². The van der Waals surface area contributed by atoms with Gasteiger partial charge in [-0.15, -0.1) is 0 Å². The number of rotatable bonds is 3. The van der Waals surface area contributed by atoms with Gasteiger partial charge in [-0.1, -0.05) is 25.1 Å². The van der Waals surface area contributed by atoms with Crippen LogP contribution in [0.3, 0.4) is 0 Å². The number of piperazine rings is 1. The first-order valence-corrected chi connectivity index (χ1v) is 9.74. The van der Waals surface area contributed by atoms with Crippen molar-refractivity contribution in [1.82, 2.24) is 15.1 Å². The molecule has 3 amide bonds. The van der Waals surface area contributed by atoms with Crippen LogP contribution in [0.1, 0.15) is 32.6 Å². The minimum atomic E-state index is -0.630. The van der Waals surface area contributed by atoms with Crippen LogP contribution in [-0.4, -0.2) is 60.1 Å². The maximum Gasteiger partial charge on any atom is 0.326 e. The molecule has 0 aromatic heterocycles. The lowest BCUT2D eigenvalue weighted by molar-refractivity contribution is -0.134. The van der Waals surface area contributed by atoms with Crippen molar-refractivity contribution in [2.45, 2.75) is 38.1 Å². The van der Waals surface area contributed by atoms with Crippen molar-refractivity contribution < 1.29 is 9.59 Å². The zero-order valence-electron chi connectivity index (χ0n) is 15.5. The van der Waals surface area contributed by atoms with Crippen LogP contribution in [0.15, 0.2) is 30.3 Å². The number of benzene rings is 1. The van der Waals surface area contributed by atoms with Gasteiger partial charge in [0.25, 0.3) is 5.91 Å². The fourth-order valence-electron chi connectivity index (χ4n) is 4.38. The van der Waals surface area contributed by atoms with Gasteiger partial charge in [0.2, 0.25) is 0 Å². The molecular weight excluding hydrogens is 328 g/mol. The number of para-hydroxylation sites is 1. The van der Waals surface area contributed by atoms with Crippen LogP contribution in [-0.2, 0) is 4.79 Å². The third kappa shape index (κ3) is 3.18. The molecule has 26 heavy (non-hydrogen) atoms. The molecule has 1 aliphatic carbocycles. The molecule has 1 saturated carbocycles. The minimum absolute atomic E-state index is 0.0140. The Hall–Kier alpha value is -2.08. The highest BCUT2D eigenvalue weighted by Crippen LogP contribution is 2.36. The average Bonchev–Trinajstić information content (AvgIpc) is 2.90. The second-order valence-corrected chi connectivity index (χ2v) is 8.01. The van der Waals surface area contributed by atoms with Gasteiger partial charge in [0.1, 0.15) is 5.54 Å². The van der Waals surface area contributed by atoms with E-state index in [4.69, 9.17) is 0 Å². The molecule has 140 valence electrons. The van der Waals surface area contributed by atoms with E-state index < -0.39 is 5.54 Å². The molecule has 1 aromatic carbocycles. The number of imide groups is 1. The summed E-state index contributed by atoms with van der Waals surface area (Å²) in [5, 5.41) is 3.01. The Morgan fingerprint density at radius 1 is 1.04 bits per heavy atom. The second-order valence-electron chi connectivity index (χ2n) is 8.01. The first-order chi connectivity index (χ1) is 12.6. The van der Waals surface area contributed by atoms with Crippen molar-refractivity contribution in [3.05, 3.63) is 30.3 Å². The normalized spacial score (nSPS) is 30.1. The quantitative estimate of drug-likeness (QED) is 0.844. The number of anilines is 1. The zero-order valence-corrected chi connectivity index (χ0v) is 15.5. The summed E-state index contributed by atoms with van der Waals surface area (Å²) in [5.74, 6) is 0.630. The van der Waals surface area contributed by atoms with Crippen LogP contribution < -0.4 is 10.2 Å². The van der Waals surface area contributed by atoms with Crippen LogP contribution in [0.4, 0.5) is 10.5 Å². The van der Waals surface area contributed by atoms with Crippen molar-refractivity contribution in [2.75, 3.05) is 37.7 Å². The fraction of sp³-hybridized carbons (Fsp3) is 0.600. The second kappa shape index (κ2) is 6.91. The topological polar surface area (TPSA) is 55.9 Å². The first kappa shape index (κ1) is 17.3. The molecule has 3 fully saturated rings. The molecule has 0 radical (unpaired) electrons. The molecule has 1 N–H and O–H groups in total. The molecule has 2 aliphatic heterocycles. The summed E-state index contributed by atoms with van der Waals surface area (Å²) in [6.45, 7) is 6.17. The number of amides is 3. The Morgan fingerprint density at radius 2 is 1.69 bits per heavy atom. The van der Waals surface area contributed by atoms with Gasteiger partial charge in [0.15, 0.2) is 0 Å². The molecule has 1 spiro atoms. The van der Waals surface area contributed by atoms with Gasteiger partial charge in [0, 0.05) is 31.9 Å². The van der Waals surface area contributed by atoms with Crippen molar-refractivity contribution in [2.24, 2.45) is 5.92 Å². The maximum atomic E-state index is 13.0. The van der Waals surface area contributed by atoms with Crippen molar-refractivity contribution in [3.63, 3.8) is 0 Å². The standard InChI is InChI=1S/C20H28N4O2/c1-16-7-9-20(10-8-16)18(25)24(19(26)21-20)15-22-11-13-23(14-12-22)17-5-3-2-4-6-17/h2-6,16H,7-15H2,1H3,(H,21,26). The summed E-state index contributed by atoms with van der Waals surface area (Å²) in [4.78, 5) is 31.4. The molecule has 6 nitrogen and oxygen atoms in total. The van der Waals surface area contributed by atoms with Crippen LogP contribution in [0.25, 0.3) is 0 Å². The smallest absolute Gasteiger partial charge is 0.326 e. The largest absolute Gasteiger partial charge is 0.369 e. The van der Waals surface area contributed by atoms with Crippen LogP contribution in [0.5, 0.6) is 0 Å². The summed E-state index contributed by atoms with van der Waals surface area (Å²) in [6.07, 6.45) is 3.57. The van der Waals surface area contributed by atoms with Gasteiger partial charge < -0.3 is 10.2 Å². The minimum Gasteiger partial charge on any atom is -0.369 e. The number of carbonyl (C=O) groups is 2. The Bertz CT molecular complexity index is 662. The molecule has 1 aromatic rings. The third-order valence-electron chi connectivity index (χ3n) is 6.21. The van der Waals surface area contributed by atoms with E-state index >= 15 is 0 Å². The molecule has 6 heteroatoms. The molecule has 2 saturated heterocycles. The number of carbonyl (C=O) groups excluding carboxylic acids is 2. The van der Waals surface area contributed by atoms with E-state index in [1.54, 1.807) is 0 Å². The predicted molar refractivity (Wildman–Crippen MR) is 101 cm³/mol. The van der Waals surface area contributed by atoms with Gasteiger partial charge >= 0.3 is 6.03 Å². The highest BCUT2D eigenvalue weighted by atomic mass is 16.2. The van der Waals surface area contributed by atoms with Crippen LogP contribution in [0, 0.1) is 5.92 Å². The van der Waals surface area contributed by atoms with Crippen molar-refractivity contribution in [1.29, 1.82) is 0 Å². The third-order valence-corrected chi connectivity index (χ3v) is 6.21. The van der Waals surface area contributed by atoms with E-state index in [1.807, 2.05) is 6.07 Å². The lowest BCUT2D eigenvalue weighted by atomic mass is 9.77. The summed E-state index contributed by atoms with van der Waals surface area (Å²) in [6, 6.07) is 10.2. The summed E-state index contributed by atoms with van der Waals surface area (Å²) in [5.41, 5.74) is 0.604. The summed E-state index contributed by atoms with van der Waals surface area (Å²) < 4.78 is 0. The highest BCUT2D eigenvalue weighted by molar-refractivity contribution is 6.07. The molecule has 4 rings (SSSR count). The van der Waals surface area contributed by atoms with E-state index in [9.17, 15) is 9.59 Å². The lowest BCUT2D eigenvalue weighted by Crippen LogP contribution is -2.52. The predicted octanol–water partition coefficient (Wildman–Crippen LogP) is 2.27. The highest BCUT2D eigenvalue weighted by Gasteiger charge is 2.52. The van der Waals surface area contributed by atoms with Gasteiger partial charge in [0.05, 0.1) is 6.67 Å². The van der Waals surface area contributed by atoms with Crippen LogP contribution >= 0.6 is 0 Å². The number of hydrogen-bond donors (Lipinski definition) is 1. The number of hydrogen-bond acceptors (Lipinski definition) is 4. The molecule has 3 aliphatic rings. The molecule has 2 heterocycles. The Labute approximate surface area is 155 Å². The average molecular weight is 356 g/mol. The maximum absolute atomic E-state index is 13.0. The SMILES string of the molecule is CC1CCC2(CC1)NC(=O)N(CN1CCN(c3ccccc3)CC1)C2=O. The number of urea groups is 1. The zero-order chi connectivity index (χ0) is 18.1. The van der Waals surface area contributed by atoms with Gasteiger partial charge in [-0.3, -0.25) is 9.69 Å². The van der Waals surface area contributed by atoms with Crippen molar-refractivity contribution >= 4 is 17.6 Å². The monoisotopic (exact) mass is 356 g/mol. The number of nitrogens with zero attached hydrogens (tertiary/aromatic N) is 3. The van der Waals surface area contributed by atoms with E-state index in [0.29, 0.717) is 12.6 Å². The van der Waals surface area contributed by atoms with Crippen LogP contribution in [0.2, 0.25) is 0 Å². The fourth-order valence-corrected chi connectivity index (χ4v) is 4.38. The van der Waals surface area contributed by atoms with E-state index in [-0.39, 0.29) is 11.9 Å². The van der Waals surface area contributed by atoms with Gasteiger partial charge in [-0.05, 0) is 43.7 Å². The molecule has 0 atom stereocenters.